The molecule has 6 nitrogen and oxygen atoms in total. The molecule has 0 bridgehead atoms. The van der Waals surface area contributed by atoms with E-state index in [1.807, 2.05) is 31.2 Å². The Kier molecular flexibility index (Phi) is 6.22. The van der Waals surface area contributed by atoms with E-state index in [1.165, 1.54) is 0 Å². The van der Waals surface area contributed by atoms with Crippen LogP contribution in [-0.2, 0) is 22.2 Å². The van der Waals surface area contributed by atoms with Gasteiger partial charge in [-0.15, -0.1) is 0 Å². The summed E-state index contributed by atoms with van der Waals surface area (Å²) in [5.41, 5.74) is 2.77. The van der Waals surface area contributed by atoms with Gasteiger partial charge in [0.05, 0.1) is 5.75 Å². The first-order chi connectivity index (χ1) is 14.4. The average molecular weight is 446 g/mol. The summed E-state index contributed by atoms with van der Waals surface area (Å²) >= 11 is 5.90. The van der Waals surface area contributed by atoms with Gasteiger partial charge in [0, 0.05) is 30.1 Å². The van der Waals surface area contributed by atoms with E-state index in [2.05, 4.69) is 10.1 Å². The number of hydrogen-bond acceptors (Lipinski definition) is 5. The van der Waals surface area contributed by atoms with Crippen molar-refractivity contribution in [1.82, 2.24) is 14.4 Å². The number of hydrogen-bond donors (Lipinski definition) is 0. The number of piperidine rings is 1. The van der Waals surface area contributed by atoms with Crippen molar-refractivity contribution < 1.29 is 12.9 Å². The van der Waals surface area contributed by atoms with E-state index in [0.29, 0.717) is 36.2 Å². The Morgan fingerprint density at radius 1 is 1.17 bits per heavy atom. The van der Waals surface area contributed by atoms with Gasteiger partial charge in [0.1, 0.15) is 0 Å². The van der Waals surface area contributed by atoms with E-state index in [4.69, 9.17) is 16.1 Å². The average Bonchev–Trinajstić information content (AvgIpc) is 3.18. The first-order valence-corrected chi connectivity index (χ1v) is 12.0. The van der Waals surface area contributed by atoms with Gasteiger partial charge >= 0.3 is 0 Å². The van der Waals surface area contributed by atoms with E-state index in [9.17, 15) is 8.42 Å². The second-order valence-corrected chi connectivity index (χ2v) is 10.2. The smallest absolute Gasteiger partial charge is 0.227 e. The summed E-state index contributed by atoms with van der Waals surface area (Å²) in [4.78, 5) is 4.54. The van der Waals surface area contributed by atoms with E-state index in [-0.39, 0.29) is 11.7 Å². The first-order valence-electron chi connectivity index (χ1n) is 10.0. The molecular weight excluding hydrogens is 422 g/mol. The van der Waals surface area contributed by atoms with Gasteiger partial charge < -0.3 is 4.52 Å². The van der Waals surface area contributed by atoms with E-state index in [0.717, 1.165) is 29.5 Å². The number of benzene rings is 2. The van der Waals surface area contributed by atoms with Crippen LogP contribution in [0, 0.1) is 12.8 Å². The minimum Gasteiger partial charge on any atom is -0.339 e. The van der Waals surface area contributed by atoms with Crippen LogP contribution in [0.2, 0.25) is 5.02 Å². The van der Waals surface area contributed by atoms with Crippen LogP contribution < -0.4 is 0 Å². The number of halogens is 1. The zero-order chi connectivity index (χ0) is 21.1. The largest absolute Gasteiger partial charge is 0.339 e. The Bertz CT molecular complexity index is 1110. The molecular formula is C22H24ClN3O3S. The number of aryl methyl sites for hydroxylation is 1. The molecule has 3 aromatic rings. The maximum Gasteiger partial charge on any atom is 0.227 e. The van der Waals surface area contributed by atoms with Gasteiger partial charge in [-0.3, -0.25) is 0 Å². The molecule has 0 saturated carbocycles. The summed E-state index contributed by atoms with van der Waals surface area (Å²) < 4.78 is 32.9. The standard InChI is InChI=1S/C22H24ClN3O3S/c1-16-5-2-3-7-20(16)22-24-21(29-25-22)13-18-6-4-12-26(14-18)30(27,28)15-17-8-10-19(23)11-9-17/h2-3,5,7-11,18H,4,6,12-15H2,1H3/t18-/m1/s1. The predicted octanol–water partition coefficient (Wildman–Crippen LogP) is 4.48. The van der Waals surface area contributed by atoms with Gasteiger partial charge in [-0.2, -0.15) is 4.98 Å². The molecule has 0 amide bonds. The molecule has 30 heavy (non-hydrogen) atoms. The lowest BCUT2D eigenvalue weighted by molar-refractivity contribution is 0.247. The van der Waals surface area contributed by atoms with Crippen molar-refractivity contribution in [3.05, 3.63) is 70.6 Å². The van der Waals surface area contributed by atoms with E-state index < -0.39 is 10.0 Å². The summed E-state index contributed by atoms with van der Waals surface area (Å²) in [6, 6.07) is 14.8. The normalized spacial score (nSPS) is 17.9. The topological polar surface area (TPSA) is 76.3 Å². The Balaban J connectivity index is 1.42. The molecule has 1 aliphatic rings. The van der Waals surface area contributed by atoms with Gasteiger partial charge in [-0.1, -0.05) is 53.2 Å². The fourth-order valence-corrected chi connectivity index (χ4v) is 5.61. The summed E-state index contributed by atoms with van der Waals surface area (Å²) in [5.74, 6) is 1.26. The lowest BCUT2D eigenvalue weighted by Crippen LogP contribution is -2.41. The molecule has 0 radical (unpaired) electrons. The summed E-state index contributed by atoms with van der Waals surface area (Å²) in [6.45, 7) is 3.03. The highest BCUT2D eigenvalue weighted by Gasteiger charge is 2.30. The highest BCUT2D eigenvalue weighted by molar-refractivity contribution is 7.88. The predicted molar refractivity (Wildman–Crippen MR) is 117 cm³/mol. The molecule has 1 atom stereocenters. The van der Waals surface area contributed by atoms with Crippen molar-refractivity contribution in [2.24, 2.45) is 5.92 Å². The van der Waals surface area contributed by atoms with Crippen molar-refractivity contribution in [1.29, 1.82) is 0 Å². The van der Waals surface area contributed by atoms with Gasteiger partial charge in [0.25, 0.3) is 0 Å². The van der Waals surface area contributed by atoms with Crippen molar-refractivity contribution in [3.63, 3.8) is 0 Å². The highest BCUT2D eigenvalue weighted by Crippen LogP contribution is 2.26. The molecule has 1 aromatic heterocycles. The summed E-state index contributed by atoms with van der Waals surface area (Å²) in [6.07, 6.45) is 2.34. The third kappa shape index (κ3) is 4.91. The van der Waals surface area contributed by atoms with Crippen LogP contribution in [0.25, 0.3) is 11.4 Å². The van der Waals surface area contributed by atoms with Gasteiger partial charge in [0.15, 0.2) is 0 Å². The SMILES string of the molecule is Cc1ccccc1-c1noc(C[C@H]2CCCN(S(=O)(=O)Cc3ccc(Cl)cc3)C2)n1. The summed E-state index contributed by atoms with van der Waals surface area (Å²) in [7, 11) is -3.39. The molecule has 2 heterocycles. The van der Waals surface area contributed by atoms with Crippen LogP contribution in [0.1, 0.15) is 29.9 Å². The number of rotatable bonds is 6. The van der Waals surface area contributed by atoms with E-state index >= 15 is 0 Å². The molecule has 4 rings (SSSR count). The van der Waals surface area contributed by atoms with Gasteiger partial charge in [0.2, 0.25) is 21.7 Å². The number of aromatic nitrogens is 2. The van der Waals surface area contributed by atoms with Crippen LogP contribution in [0.4, 0.5) is 0 Å². The molecule has 1 fully saturated rings. The molecule has 158 valence electrons. The van der Waals surface area contributed by atoms with Crippen molar-refractivity contribution in [3.8, 4) is 11.4 Å². The second-order valence-electron chi connectivity index (χ2n) is 7.78. The molecule has 0 aliphatic carbocycles. The molecule has 1 aliphatic heterocycles. The quantitative estimate of drug-likeness (QED) is 0.559. The molecule has 0 N–H and O–H groups in total. The van der Waals surface area contributed by atoms with Crippen LogP contribution in [0.3, 0.4) is 0 Å². The maximum absolute atomic E-state index is 12.9. The Morgan fingerprint density at radius 2 is 1.93 bits per heavy atom. The van der Waals surface area contributed by atoms with Crippen molar-refractivity contribution >= 4 is 21.6 Å². The minimum atomic E-state index is -3.39. The molecule has 1 saturated heterocycles. The van der Waals surface area contributed by atoms with Gasteiger partial charge in [-0.05, 0) is 48.9 Å². The Morgan fingerprint density at radius 3 is 2.70 bits per heavy atom. The fourth-order valence-electron chi connectivity index (χ4n) is 3.85. The Hall–Kier alpha value is -2.22. The lowest BCUT2D eigenvalue weighted by atomic mass is 9.96. The Labute approximate surface area is 181 Å². The number of sulfonamides is 1. The molecule has 0 spiro atoms. The van der Waals surface area contributed by atoms with Crippen LogP contribution in [-0.4, -0.2) is 36.0 Å². The number of nitrogens with zero attached hydrogens (tertiary/aromatic N) is 3. The third-order valence-electron chi connectivity index (χ3n) is 5.45. The lowest BCUT2D eigenvalue weighted by Gasteiger charge is -2.31. The molecule has 8 heteroatoms. The summed E-state index contributed by atoms with van der Waals surface area (Å²) in [5, 5.41) is 4.71. The highest BCUT2D eigenvalue weighted by atomic mass is 35.5. The molecule has 0 unspecified atom stereocenters. The van der Waals surface area contributed by atoms with E-state index in [1.54, 1.807) is 28.6 Å². The molecule has 2 aromatic carbocycles. The fraction of sp³-hybridized carbons (Fsp3) is 0.364. The minimum absolute atomic E-state index is 0.0190. The van der Waals surface area contributed by atoms with Crippen molar-refractivity contribution in [2.45, 2.75) is 31.9 Å². The van der Waals surface area contributed by atoms with Crippen LogP contribution >= 0.6 is 11.6 Å². The maximum atomic E-state index is 12.9. The first kappa shape index (κ1) is 21.0. The third-order valence-corrected chi connectivity index (χ3v) is 7.52. The zero-order valence-corrected chi connectivity index (χ0v) is 18.4. The van der Waals surface area contributed by atoms with Crippen LogP contribution in [0.5, 0.6) is 0 Å². The van der Waals surface area contributed by atoms with Crippen LogP contribution in [0.15, 0.2) is 53.1 Å². The van der Waals surface area contributed by atoms with Crippen molar-refractivity contribution in [2.75, 3.05) is 13.1 Å². The van der Waals surface area contributed by atoms with Gasteiger partial charge in [-0.25, -0.2) is 12.7 Å². The second kappa shape index (κ2) is 8.88. The monoisotopic (exact) mass is 445 g/mol. The zero-order valence-electron chi connectivity index (χ0n) is 16.8.